The van der Waals surface area contributed by atoms with Crippen LogP contribution in [0.2, 0.25) is 10.0 Å². The maximum atomic E-state index is 12.4. The lowest BCUT2D eigenvalue weighted by atomic mass is 10.1. The number of rotatable bonds is 4. The highest BCUT2D eigenvalue weighted by molar-refractivity contribution is 9.10. The van der Waals surface area contributed by atoms with Gasteiger partial charge in [-0.1, -0.05) is 47.5 Å². The first-order valence-corrected chi connectivity index (χ1v) is 7.28. The van der Waals surface area contributed by atoms with Crippen LogP contribution in [0.15, 0.2) is 40.9 Å². The predicted molar refractivity (Wildman–Crippen MR) is 82.9 cm³/mol. The molecule has 0 heterocycles. The van der Waals surface area contributed by atoms with Crippen LogP contribution in [0.1, 0.15) is 17.6 Å². The highest BCUT2D eigenvalue weighted by Gasteiger charge is 2.09. The van der Waals surface area contributed by atoms with E-state index >= 15 is 0 Å². The lowest BCUT2D eigenvalue weighted by molar-refractivity contribution is 0.151. The van der Waals surface area contributed by atoms with E-state index in [-0.39, 0.29) is 5.56 Å². The quantitative estimate of drug-likeness (QED) is 0.613. The summed E-state index contributed by atoms with van der Waals surface area (Å²) >= 11 is 15.4. The van der Waals surface area contributed by atoms with Gasteiger partial charge in [-0.2, -0.15) is 0 Å². The van der Waals surface area contributed by atoms with Gasteiger partial charge in [-0.25, -0.2) is 8.78 Å². The number of alkyl halides is 2. The zero-order valence-corrected chi connectivity index (χ0v) is 13.2. The van der Waals surface area contributed by atoms with Gasteiger partial charge in [0, 0.05) is 16.6 Å². The van der Waals surface area contributed by atoms with Gasteiger partial charge >= 0.3 is 0 Å². The molecule has 0 bridgehead atoms. The minimum absolute atomic E-state index is 0.0125. The van der Waals surface area contributed by atoms with Gasteiger partial charge in [0.25, 0.3) is 6.43 Å². The molecule has 1 N–H and O–H groups in total. The van der Waals surface area contributed by atoms with Crippen LogP contribution in [0.5, 0.6) is 0 Å². The van der Waals surface area contributed by atoms with E-state index in [0.717, 1.165) is 10.0 Å². The van der Waals surface area contributed by atoms with E-state index in [1.807, 2.05) is 0 Å². The highest BCUT2D eigenvalue weighted by atomic mass is 79.9. The summed E-state index contributed by atoms with van der Waals surface area (Å²) in [4.78, 5) is 0. The van der Waals surface area contributed by atoms with Gasteiger partial charge in [-0.3, -0.25) is 0 Å². The summed E-state index contributed by atoms with van der Waals surface area (Å²) in [6, 6.07) is 9.73. The fraction of sp³-hybridized carbons (Fsp3) is 0.143. The fourth-order valence-electron chi connectivity index (χ4n) is 1.64. The molecule has 2 rings (SSSR count). The van der Waals surface area contributed by atoms with Crippen LogP contribution in [-0.4, -0.2) is 0 Å². The Hall–Kier alpha value is -0.840. The summed E-state index contributed by atoms with van der Waals surface area (Å²) in [6.07, 6.45) is -2.45. The van der Waals surface area contributed by atoms with Crippen molar-refractivity contribution >= 4 is 44.8 Å². The van der Waals surface area contributed by atoms with Crippen molar-refractivity contribution in [2.24, 2.45) is 0 Å². The Morgan fingerprint density at radius 1 is 1.00 bits per heavy atom. The van der Waals surface area contributed by atoms with Crippen molar-refractivity contribution in [2.75, 3.05) is 5.32 Å². The Morgan fingerprint density at radius 3 is 2.25 bits per heavy atom. The zero-order valence-electron chi connectivity index (χ0n) is 10.1. The molecule has 0 spiro atoms. The van der Waals surface area contributed by atoms with Crippen LogP contribution in [0.3, 0.4) is 0 Å². The van der Waals surface area contributed by atoms with Gasteiger partial charge in [-0.05, 0) is 33.6 Å². The summed E-state index contributed by atoms with van der Waals surface area (Å²) in [6.45, 7) is 0.473. The van der Waals surface area contributed by atoms with Crippen LogP contribution in [0, 0.1) is 0 Å². The Morgan fingerprint density at radius 2 is 1.65 bits per heavy atom. The number of hydrogen-bond acceptors (Lipinski definition) is 1. The molecular weight excluding hydrogens is 371 g/mol. The molecule has 0 saturated carbocycles. The van der Waals surface area contributed by atoms with Gasteiger partial charge < -0.3 is 5.32 Å². The van der Waals surface area contributed by atoms with Crippen LogP contribution < -0.4 is 5.32 Å². The Labute approximate surface area is 134 Å². The summed E-state index contributed by atoms with van der Waals surface area (Å²) in [5, 5.41) is 3.98. The van der Waals surface area contributed by atoms with Gasteiger partial charge in [0.05, 0.1) is 15.7 Å². The van der Waals surface area contributed by atoms with Crippen LogP contribution in [0.4, 0.5) is 14.5 Å². The SMILES string of the molecule is FC(F)c1ccc(CNc2ccc(Br)c(Cl)c2Cl)cc1. The van der Waals surface area contributed by atoms with Crippen molar-refractivity contribution in [3.05, 3.63) is 62.0 Å². The Balaban J connectivity index is 2.07. The molecule has 20 heavy (non-hydrogen) atoms. The second-order valence-electron chi connectivity index (χ2n) is 4.12. The average molecular weight is 381 g/mol. The molecule has 0 aliphatic rings. The number of benzene rings is 2. The summed E-state index contributed by atoms with van der Waals surface area (Å²) in [5.41, 5.74) is 1.58. The van der Waals surface area contributed by atoms with Crippen LogP contribution >= 0.6 is 39.1 Å². The van der Waals surface area contributed by atoms with E-state index in [9.17, 15) is 8.78 Å². The molecule has 0 atom stereocenters. The summed E-state index contributed by atoms with van der Waals surface area (Å²) < 4.78 is 25.6. The van der Waals surface area contributed by atoms with E-state index in [0.29, 0.717) is 22.3 Å². The standard InChI is InChI=1S/C14H10BrCl2F2N/c15-10-5-6-11(13(17)12(10)16)20-7-8-1-3-9(4-2-8)14(18)19/h1-6,14,20H,7H2. The average Bonchev–Trinajstić information content (AvgIpc) is 2.44. The van der Waals surface area contributed by atoms with Gasteiger partial charge in [0.15, 0.2) is 0 Å². The lowest BCUT2D eigenvalue weighted by Gasteiger charge is -2.11. The Kier molecular flexibility index (Phi) is 5.24. The third-order valence-corrected chi connectivity index (χ3v) is 4.52. The molecule has 2 aromatic rings. The third-order valence-electron chi connectivity index (χ3n) is 2.75. The van der Waals surface area contributed by atoms with Crippen molar-refractivity contribution in [3.8, 4) is 0 Å². The largest absolute Gasteiger partial charge is 0.380 e. The molecule has 106 valence electrons. The van der Waals surface area contributed by atoms with Crippen LogP contribution in [0.25, 0.3) is 0 Å². The lowest BCUT2D eigenvalue weighted by Crippen LogP contribution is -2.00. The minimum Gasteiger partial charge on any atom is -0.380 e. The van der Waals surface area contributed by atoms with Gasteiger partial charge in [-0.15, -0.1) is 0 Å². The number of anilines is 1. The van der Waals surface area contributed by atoms with Crippen molar-refractivity contribution in [3.63, 3.8) is 0 Å². The fourth-order valence-corrected chi connectivity index (χ4v) is 2.48. The first-order chi connectivity index (χ1) is 9.49. The molecule has 0 unspecified atom stereocenters. The molecule has 0 saturated heterocycles. The number of halogens is 5. The zero-order chi connectivity index (χ0) is 14.7. The minimum atomic E-state index is -2.45. The first-order valence-electron chi connectivity index (χ1n) is 5.73. The smallest absolute Gasteiger partial charge is 0.263 e. The number of hydrogen-bond donors (Lipinski definition) is 1. The van der Waals surface area contributed by atoms with Crippen molar-refractivity contribution in [2.45, 2.75) is 13.0 Å². The highest BCUT2D eigenvalue weighted by Crippen LogP contribution is 2.36. The topological polar surface area (TPSA) is 12.0 Å². The summed E-state index contributed by atoms with van der Waals surface area (Å²) in [7, 11) is 0. The summed E-state index contributed by atoms with van der Waals surface area (Å²) in [5.74, 6) is 0. The van der Waals surface area contributed by atoms with E-state index in [4.69, 9.17) is 23.2 Å². The molecule has 0 amide bonds. The molecule has 0 aromatic heterocycles. The molecule has 0 radical (unpaired) electrons. The molecule has 0 aliphatic carbocycles. The monoisotopic (exact) mass is 379 g/mol. The molecule has 0 fully saturated rings. The molecule has 2 aromatic carbocycles. The van der Waals surface area contributed by atoms with Gasteiger partial charge in [0.2, 0.25) is 0 Å². The number of nitrogens with one attached hydrogen (secondary N) is 1. The van der Waals surface area contributed by atoms with Crippen LogP contribution in [-0.2, 0) is 6.54 Å². The molecule has 1 nitrogen and oxygen atoms in total. The molecule has 6 heteroatoms. The van der Waals surface area contributed by atoms with Gasteiger partial charge in [0.1, 0.15) is 0 Å². The van der Waals surface area contributed by atoms with E-state index in [2.05, 4.69) is 21.2 Å². The second kappa shape index (κ2) is 6.74. The van der Waals surface area contributed by atoms with Crippen molar-refractivity contribution < 1.29 is 8.78 Å². The molecule has 0 aliphatic heterocycles. The maximum absolute atomic E-state index is 12.4. The normalized spacial score (nSPS) is 10.9. The first kappa shape index (κ1) is 15.5. The van der Waals surface area contributed by atoms with Crippen molar-refractivity contribution in [1.82, 2.24) is 0 Å². The predicted octanol–water partition coefficient (Wildman–Crippen LogP) is 6.31. The van der Waals surface area contributed by atoms with Crippen molar-refractivity contribution in [1.29, 1.82) is 0 Å². The molecular formula is C14H10BrCl2F2N. The van der Waals surface area contributed by atoms with E-state index in [1.165, 1.54) is 12.1 Å². The van der Waals surface area contributed by atoms with E-state index in [1.54, 1.807) is 24.3 Å². The Bertz CT molecular complexity index is 603. The third kappa shape index (κ3) is 3.62. The van der Waals surface area contributed by atoms with E-state index < -0.39 is 6.43 Å². The second-order valence-corrected chi connectivity index (χ2v) is 5.73. The maximum Gasteiger partial charge on any atom is 0.263 e.